The summed E-state index contributed by atoms with van der Waals surface area (Å²) >= 11 is 0. The summed E-state index contributed by atoms with van der Waals surface area (Å²) in [6, 6.07) is 0.277. The molecular weight excluding hydrogens is 336 g/mol. The van der Waals surface area contributed by atoms with Crippen LogP contribution in [0.25, 0.3) is 10.8 Å². The molecule has 124 valence electrons. The molecule has 0 saturated heterocycles. The van der Waals surface area contributed by atoms with E-state index < -0.39 is 64.7 Å². The summed E-state index contributed by atoms with van der Waals surface area (Å²) in [5.74, 6) is -3.25. The first-order chi connectivity index (χ1) is 11.1. The van der Waals surface area contributed by atoms with Gasteiger partial charge in [0, 0.05) is 0 Å². The van der Waals surface area contributed by atoms with E-state index >= 15 is 0 Å². The van der Waals surface area contributed by atoms with Gasteiger partial charge in [0.1, 0.15) is 0 Å². The van der Waals surface area contributed by atoms with Gasteiger partial charge in [-0.3, -0.25) is 40.5 Å². The van der Waals surface area contributed by atoms with E-state index in [1.807, 2.05) is 0 Å². The summed E-state index contributed by atoms with van der Waals surface area (Å²) in [5.41, 5.74) is -5.36. The summed E-state index contributed by atoms with van der Waals surface area (Å²) in [7, 11) is 0. The average molecular weight is 338 g/mol. The minimum absolute atomic E-state index is 0.138. The largest absolute Gasteiger partial charge is 0.867 e. The zero-order chi connectivity index (χ0) is 18.3. The molecule has 0 heterocycles. The minimum Gasteiger partial charge on any atom is -0.867 e. The molecule has 0 radical (unpaired) electrons. The fraction of sp³-hybridized carbons (Fsp3) is 0. The van der Waals surface area contributed by atoms with Gasteiger partial charge in [0.2, 0.25) is 0 Å². The van der Waals surface area contributed by atoms with Gasteiger partial charge in [-0.25, -0.2) is 0 Å². The number of non-ortho nitro benzene ring substituents is 2. The molecular formula is C10H2N4O10-2. The SMILES string of the molecule is O=[N+]([O-])c1cc([N+](=O)[O-])c2c([O-])c([N+](=O)[O-])cc([N+](=O)[O-])c2c1[O-]. The molecule has 0 aromatic heterocycles. The first kappa shape index (κ1) is 16.3. The maximum atomic E-state index is 12.0. The Kier molecular flexibility index (Phi) is 3.57. The highest BCUT2D eigenvalue weighted by molar-refractivity contribution is 6.08. The third-order valence-corrected chi connectivity index (χ3v) is 3.02. The molecule has 0 atom stereocenters. The lowest BCUT2D eigenvalue weighted by atomic mass is 10.0. The normalized spacial score (nSPS) is 10.5. The van der Waals surface area contributed by atoms with Crippen molar-refractivity contribution in [2.45, 2.75) is 0 Å². The fourth-order valence-electron chi connectivity index (χ4n) is 2.07. The maximum absolute atomic E-state index is 12.0. The third kappa shape index (κ3) is 2.23. The Morgan fingerprint density at radius 1 is 0.542 bits per heavy atom. The van der Waals surface area contributed by atoms with E-state index in [2.05, 4.69) is 0 Å². The van der Waals surface area contributed by atoms with Crippen LogP contribution in [0.2, 0.25) is 0 Å². The Bertz CT molecular complexity index is 876. The molecule has 0 fully saturated rings. The van der Waals surface area contributed by atoms with Gasteiger partial charge in [0.25, 0.3) is 22.7 Å². The van der Waals surface area contributed by atoms with Crippen molar-refractivity contribution in [3.05, 3.63) is 52.6 Å². The molecule has 0 aliphatic heterocycles. The maximum Gasteiger partial charge on any atom is 0.283 e. The van der Waals surface area contributed by atoms with Crippen LogP contribution in [0.15, 0.2) is 12.1 Å². The van der Waals surface area contributed by atoms with Gasteiger partial charge < -0.3 is 10.2 Å². The Balaban J connectivity index is 3.25. The van der Waals surface area contributed by atoms with E-state index in [1.165, 1.54) is 0 Å². The molecule has 0 aliphatic rings. The van der Waals surface area contributed by atoms with E-state index in [9.17, 15) is 50.7 Å². The van der Waals surface area contributed by atoms with Crippen LogP contribution >= 0.6 is 0 Å². The second-order valence-corrected chi connectivity index (χ2v) is 4.27. The summed E-state index contributed by atoms with van der Waals surface area (Å²) < 4.78 is 0. The van der Waals surface area contributed by atoms with Gasteiger partial charge >= 0.3 is 0 Å². The molecule has 0 bridgehead atoms. The standard InChI is InChI=1S/C10H4N4O10/c15-9-5(13(21)22)1-3(11(17)18)7-8(9)4(12(19)20)2-6(10(7)16)14(23)24/h1-2,15-16H/p-2. The van der Waals surface area contributed by atoms with Crippen molar-refractivity contribution in [1.82, 2.24) is 0 Å². The molecule has 2 aromatic rings. The summed E-state index contributed by atoms with van der Waals surface area (Å²) in [5, 5.41) is 65.3. The monoisotopic (exact) mass is 338 g/mol. The Hall–Kier alpha value is -4.10. The van der Waals surface area contributed by atoms with Crippen LogP contribution in [0.3, 0.4) is 0 Å². The molecule has 0 aliphatic carbocycles. The first-order valence-corrected chi connectivity index (χ1v) is 5.67. The van der Waals surface area contributed by atoms with Gasteiger partial charge in [0.15, 0.2) is 0 Å². The molecule has 24 heavy (non-hydrogen) atoms. The number of nitrogens with zero attached hydrogens (tertiary/aromatic N) is 4. The van der Waals surface area contributed by atoms with Gasteiger partial charge in [-0.1, -0.05) is 0 Å². The molecule has 2 aromatic carbocycles. The molecule has 0 N–H and O–H groups in total. The highest BCUT2D eigenvalue weighted by Gasteiger charge is 2.30. The summed E-state index contributed by atoms with van der Waals surface area (Å²) in [6.07, 6.45) is 0. The van der Waals surface area contributed by atoms with E-state index in [-0.39, 0.29) is 12.1 Å². The molecule has 0 saturated carbocycles. The van der Waals surface area contributed by atoms with Crippen molar-refractivity contribution in [3.63, 3.8) is 0 Å². The van der Waals surface area contributed by atoms with E-state index in [4.69, 9.17) is 0 Å². The van der Waals surface area contributed by atoms with Crippen LogP contribution in [0, 0.1) is 40.5 Å². The molecule has 2 rings (SSSR count). The zero-order valence-corrected chi connectivity index (χ0v) is 11.0. The second-order valence-electron chi connectivity index (χ2n) is 4.27. The molecule has 0 unspecified atom stereocenters. The lowest BCUT2D eigenvalue weighted by molar-refractivity contribution is -0.406. The van der Waals surface area contributed by atoms with Crippen LogP contribution in [0.5, 0.6) is 11.5 Å². The smallest absolute Gasteiger partial charge is 0.283 e. The Labute approximate surface area is 128 Å². The number of nitro benzene ring substituents is 4. The number of hydrogen-bond acceptors (Lipinski definition) is 10. The van der Waals surface area contributed by atoms with E-state index in [0.717, 1.165) is 0 Å². The van der Waals surface area contributed by atoms with Crippen molar-refractivity contribution in [3.8, 4) is 11.5 Å². The minimum atomic E-state index is -1.63. The predicted octanol–water partition coefficient (Wildman–Crippen LogP) is 0.620. The van der Waals surface area contributed by atoms with Crippen LogP contribution in [0.4, 0.5) is 22.7 Å². The molecule has 14 nitrogen and oxygen atoms in total. The summed E-state index contributed by atoms with van der Waals surface area (Å²) in [4.78, 5) is 38.4. The fourth-order valence-corrected chi connectivity index (χ4v) is 2.07. The van der Waals surface area contributed by atoms with Crippen molar-refractivity contribution in [2.75, 3.05) is 0 Å². The van der Waals surface area contributed by atoms with Crippen LogP contribution in [0.1, 0.15) is 0 Å². The summed E-state index contributed by atoms with van der Waals surface area (Å²) in [6.45, 7) is 0. The predicted molar refractivity (Wildman–Crippen MR) is 69.5 cm³/mol. The molecule has 14 heteroatoms. The lowest BCUT2D eigenvalue weighted by Gasteiger charge is -2.16. The van der Waals surface area contributed by atoms with Gasteiger partial charge in [-0.05, 0) is 11.5 Å². The van der Waals surface area contributed by atoms with Crippen LogP contribution in [-0.4, -0.2) is 19.7 Å². The first-order valence-electron chi connectivity index (χ1n) is 5.67. The number of fused-ring (bicyclic) bond motifs is 1. The van der Waals surface area contributed by atoms with Crippen molar-refractivity contribution in [1.29, 1.82) is 0 Å². The van der Waals surface area contributed by atoms with E-state index in [1.54, 1.807) is 0 Å². The number of rotatable bonds is 4. The Morgan fingerprint density at radius 3 is 1.00 bits per heavy atom. The van der Waals surface area contributed by atoms with E-state index in [0.29, 0.717) is 0 Å². The number of benzene rings is 2. The second kappa shape index (κ2) is 5.27. The van der Waals surface area contributed by atoms with Crippen LogP contribution < -0.4 is 10.2 Å². The molecule has 0 spiro atoms. The highest BCUT2D eigenvalue weighted by Crippen LogP contribution is 2.49. The van der Waals surface area contributed by atoms with Crippen molar-refractivity contribution < 1.29 is 29.9 Å². The van der Waals surface area contributed by atoms with Crippen LogP contribution in [-0.2, 0) is 0 Å². The number of hydrogen-bond donors (Lipinski definition) is 0. The Morgan fingerprint density at radius 2 is 0.792 bits per heavy atom. The third-order valence-electron chi connectivity index (χ3n) is 3.02. The highest BCUT2D eigenvalue weighted by atomic mass is 16.6. The lowest BCUT2D eigenvalue weighted by Crippen LogP contribution is -2.07. The van der Waals surface area contributed by atoms with Crippen molar-refractivity contribution >= 4 is 33.5 Å². The molecule has 0 amide bonds. The quantitative estimate of drug-likeness (QED) is 0.558. The number of nitro groups is 4. The average Bonchev–Trinajstić information content (AvgIpc) is 2.46. The van der Waals surface area contributed by atoms with Gasteiger partial charge in [-0.2, -0.15) is 0 Å². The van der Waals surface area contributed by atoms with Gasteiger partial charge in [0.05, 0.1) is 42.6 Å². The van der Waals surface area contributed by atoms with Crippen molar-refractivity contribution in [2.24, 2.45) is 0 Å². The topological polar surface area (TPSA) is 219 Å². The van der Waals surface area contributed by atoms with Gasteiger partial charge in [-0.15, -0.1) is 0 Å². The zero-order valence-electron chi connectivity index (χ0n) is 11.0.